The van der Waals surface area contributed by atoms with Gasteiger partial charge in [-0.25, -0.2) is 0 Å². The third kappa shape index (κ3) is 3.62. The number of nitrogens with zero attached hydrogens (tertiary/aromatic N) is 3. The minimum Gasteiger partial charge on any atom is -0.496 e. The van der Waals surface area contributed by atoms with Crippen LogP contribution < -0.4 is 14.8 Å². The predicted octanol–water partition coefficient (Wildman–Crippen LogP) is 4.86. The highest BCUT2D eigenvalue weighted by Gasteiger charge is 2.26. The number of hydrogen-bond donors (Lipinski definition) is 1. The lowest BCUT2D eigenvalue weighted by Crippen LogP contribution is -2.17. The number of ether oxygens (including phenoxy) is 2. The maximum atomic E-state index is 6.30. The van der Waals surface area contributed by atoms with E-state index in [1.165, 1.54) is 0 Å². The van der Waals surface area contributed by atoms with Gasteiger partial charge in [-0.15, -0.1) is 10.2 Å². The largest absolute Gasteiger partial charge is 0.496 e. The van der Waals surface area contributed by atoms with E-state index in [0.717, 1.165) is 40.3 Å². The molecule has 0 spiro atoms. The van der Waals surface area contributed by atoms with E-state index >= 15 is 0 Å². The SMILES string of the molecule is CCCSc1nnc2c(n1)OC(c1ccc(OC)c(C)c1)Nc1ccccc1-2. The number of para-hydroxylation sites is 1. The van der Waals surface area contributed by atoms with E-state index in [-0.39, 0.29) is 0 Å². The van der Waals surface area contributed by atoms with Crippen molar-refractivity contribution in [3.63, 3.8) is 0 Å². The molecule has 0 saturated carbocycles. The number of anilines is 1. The van der Waals surface area contributed by atoms with Gasteiger partial charge < -0.3 is 14.8 Å². The Morgan fingerprint density at radius 2 is 2.04 bits per heavy atom. The quantitative estimate of drug-likeness (QED) is 0.620. The summed E-state index contributed by atoms with van der Waals surface area (Å²) in [5.41, 5.74) is 4.55. The molecule has 1 atom stereocenters. The number of fused-ring (bicyclic) bond motifs is 3. The molecule has 6 nitrogen and oxygen atoms in total. The van der Waals surface area contributed by atoms with Crippen molar-refractivity contribution >= 4 is 17.4 Å². The van der Waals surface area contributed by atoms with Crippen molar-refractivity contribution in [3.05, 3.63) is 53.6 Å². The molecular formula is C21H22N4O2S. The van der Waals surface area contributed by atoms with E-state index in [1.807, 2.05) is 43.3 Å². The van der Waals surface area contributed by atoms with Gasteiger partial charge in [0.05, 0.1) is 7.11 Å². The number of aryl methyl sites for hydroxylation is 1. The Bertz CT molecular complexity index is 996. The van der Waals surface area contributed by atoms with Gasteiger partial charge in [0.1, 0.15) is 5.75 Å². The molecule has 2 aromatic carbocycles. The molecule has 1 aliphatic rings. The summed E-state index contributed by atoms with van der Waals surface area (Å²) in [6.07, 6.45) is 0.650. The molecule has 0 radical (unpaired) electrons. The minimum atomic E-state index is -0.396. The van der Waals surface area contributed by atoms with Crippen molar-refractivity contribution in [2.75, 3.05) is 18.2 Å². The monoisotopic (exact) mass is 394 g/mol. The molecule has 0 aliphatic carbocycles. The molecule has 144 valence electrons. The lowest BCUT2D eigenvalue weighted by atomic mass is 10.1. The molecule has 1 N–H and O–H groups in total. The van der Waals surface area contributed by atoms with Crippen molar-refractivity contribution in [1.82, 2.24) is 15.2 Å². The number of methoxy groups -OCH3 is 1. The molecule has 7 heteroatoms. The Labute approximate surface area is 168 Å². The fraction of sp³-hybridized carbons (Fsp3) is 0.286. The van der Waals surface area contributed by atoms with Crippen molar-refractivity contribution in [2.45, 2.75) is 31.7 Å². The molecule has 0 bridgehead atoms. The first-order valence-corrected chi connectivity index (χ1v) is 10.2. The van der Waals surface area contributed by atoms with E-state index in [0.29, 0.717) is 16.7 Å². The van der Waals surface area contributed by atoms with Crippen molar-refractivity contribution in [3.8, 4) is 22.9 Å². The summed E-state index contributed by atoms with van der Waals surface area (Å²) in [6, 6.07) is 14.0. The zero-order chi connectivity index (χ0) is 19.5. The molecule has 1 aliphatic heterocycles. The van der Waals surface area contributed by atoms with Gasteiger partial charge in [-0.1, -0.05) is 36.9 Å². The number of nitrogens with one attached hydrogen (secondary N) is 1. The second-order valence-corrected chi connectivity index (χ2v) is 7.58. The van der Waals surface area contributed by atoms with E-state index in [1.54, 1.807) is 18.9 Å². The zero-order valence-electron chi connectivity index (χ0n) is 16.1. The Kier molecular flexibility index (Phi) is 5.34. The average Bonchev–Trinajstić information content (AvgIpc) is 2.88. The van der Waals surface area contributed by atoms with Crippen LogP contribution in [0.3, 0.4) is 0 Å². The van der Waals surface area contributed by atoms with E-state index in [2.05, 4.69) is 33.5 Å². The molecule has 1 unspecified atom stereocenters. The summed E-state index contributed by atoms with van der Waals surface area (Å²) in [6.45, 7) is 4.15. The molecule has 28 heavy (non-hydrogen) atoms. The van der Waals surface area contributed by atoms with Crippen LogP contribution in [0.2, 0.25) is 0 Å². The molecule has 0 saturated heterocycles. The maximum absolute atomic E-state index is 6.30. The van der Waals surface area contributed by atoms with Crippen LogP contribution in [0.15, 0.2) is 47.6 Å². The molecule has 4 rings (SSSR count). The summed E-state index contributed by atoms with van der Waals surface area (Å²) in [5.74, 6) is 2.28. The molecular weight excluding hydrogens is 372 g/mol. The highest BCUT2D eigenvalue weighted by Crippen LogP contribution is 2.39. The first-order valence-electron chi connectivity index (χ1n) is 9.24. The summed E-state index contributed by atoms with van der Waals surface area (Å²) in [5, 5.41) is 12.8. The van der Waals surface area contributed by atoms with Crippen LogP contribution in [0.4, 0.5) is 5.69 Å². The number of benzene rings is 2. The lowest BCUT2D eigenvalue weighted by Gasteiger charge is -2.20. The number of thioether (sulfide) groups is 1. The van der Waals surface area contributed by atoms with Gasteiger partial charge >= 0.3 is 0 Å². The van der Waals surface area contributed by atoms with Crippen molar-refractivity contribution < 1.29 is 9.47 Å². The van der Waals surface area contributed by atoms with Crippen LogP contribution in [-0.4, -0.2) is 28.0 Å². The Balaban J connectivity index is 1.77. The average molecular weight is 395 g/mol. The van der Waals surface area contributed by atoms with Crippen molar-refractivity contribution in [1.29, 1.82) is 0 Å². The Hall–Kier alpha value is -2.80. The summed E-state index contributed by atoms with van der Waals surface area (Å²) in [4.78, 5) is 4.64. The lowest BCUT2D eigenvalue weighted by molar-refractivity contribution is 0.225. The highest BCUT2D eigenvalue weighted by molar-refractivity contribution is 7.99. The van der Waals surface area contributed by atoms with Crippen molar-refractivity contribution in [2.24, 2.45) is 0 Å². The third-order valence-corrected chi connectivity index (χ3v) is 5.53. The van der Waals surface area contributed by atoms with Crippen LogP contribution in [0, 0.1) is 6.92 Å². The standard InChI is InChI=1S/C21H22N4O2S/c1-4-11-28-21-23-20-18(24-25-21)15-7-5-6-8-16(15)22-19(27-20)14-9-10-17(26-3)13(2)12-14/h5-10,12,19,22H,4,11H2,1-3H3. The van der Waals surface area contributed by atoms with Crippen LogP contribution in [0.5, 0.6) is 11.6 Å². The molecule has 0 fully saturated rings. The molecule has 1 aromatic heterocycles. The van der Waals surface area contributed by atoms with E-state index in [4.69, 9.17) is 9.47 Å². The first-order chi connectivity index (χ1) is 13.7. The highest BCUT2D eigenvalue weighted by atomic mass is 32.2. The molecule has 2 heterocycles. The van der Waals surface area contributed by atoms with E-state index in [9.17, 15) is 0 Å². The zero-order valence-corrected chi connectivity index (χ0v) is 16.9. The summed E-state index contributed by atoms with van der Waals surface area (Å²) < 4.78 is 11.7. The van der Waals surface area contributed by atoms with Crippen LogP contribution >= 0.6 is 11.8 Å². The number of rotatable bonds is 5. The van der Waals surface area contributed by atoms with Gasteiger partial charge in [0.25, 0.3) is 0 Å². The van der Waals surface area contributed by atoms with Gasteiger partial charge in [-0.3, -0.25) is 0 Å². The van der Waals surface area contributed by atoms with Gasteiger partial charge in [0, 0.05) is 22.6 Å². The second kappa shape index (κ2) is 8.06. The topological polar surface area (TPSA) is 69.2 Å². The van der Waals surface area contributed by atoms with Gasteiger partial charge in [-0.2, -0.15) is 4.98 Å². The number of hydrogen-bond acceptors (Lipinski definition) is 7. The number of aromatic nitrogens is 3. The van der Waals surface area contributed by atoms with Crippen LogP contribution in [0.25, 0.3) is 11.3 Å². The normalized spacial score (nSPS) is 14.9. The Morgan fingerprint density at radius 3 is 2.82 bits per heavy atom. The Morgan fingerprint density at radius 1 is 1.18 bits per heavy atom. The second-order valence-electron chi connectivity index (χ2n) is 6.51. The fourth-order valence-electron chi connectivity index (χ4n) is 3.12. The summed E-state index contributed by atoms with van der Waals surface area (Å²) >= 11 is 1.58. The third-order valence-electron chi connectivity index (χ3n) is 4.49. The fourth-order valence-corrected chi connectivity index (χ4v) is 3.75. The smallest absolute Gasteiger partial charge is 0.247 e. The minimum absolute atomic E-state index is 0.396. The summed E-state index contributed by atoms with van der Waals surface area (Å²) in [7, 11) is 1.67. The van der Waals surface area contributed by atoms with Gasteiger partial charge in [0.2, 0.25) is 11.0 Å². The predicted molar refractivity (Wildman–Crippen MR) is 111 cm³/mol. The van der Waals surface area contributed by atoms with Gasteiger partial charge in [0.15, 0.2) is 11.9 Å². The van der Waals surface area contributed by atoms with E-state index < -0.39 is 6.23 Å². The molecule has 0 amide bonds. The maximum Gasteiger partial charge on any atom is 0.247 e. The van der Waals surface area contributed by atoms with Crippen LogP contribution in [0.1, 0.15) is 30.7 Å². The first kappa shape index (κ1) is 18.6. The van der Waals surface area contributed by atoms with Gasteiger partial charge in [-0.05, 0) is 43.2 Å². The molecule has 3 aromatic rings. The van der Waals surface area contributed by atoms with Crippen LogP contribution in [-0.2, 0) is 0 Å².